The zero-order valence-corrected chi connectivity index (χ0v) is 9.12. The van der Waals surface area contributed by atoms with Gasteiger partial charge in [-0.3, -0.25) is 4.79 Å². The van der Waals surface area contributed by atoms with Crippen LogP contribution in [-0.4, -0.2) is 11.5 Å². The third-order valence-electron chi connectivity index (χ3n) is 1.86. The van der Waals surface area contributed by atoms with Crippen molar-refractivity contribution >= 4 is 30.0 Å². The number of carbonyl (C=O) groups is 1. The molecule has 0 aliphatic rings. The average molecular weight is 233 g/mol. The molecule has 0 aliphatic carbocycles. The monoisotopic (exact) mass is 232 g/mol. The number of halogens is 2. The van der Waals surface area contributed by atoms with Gasteiger partial charge in [0.2, 0.25) is 0 Å². The number of hydrogen-bond acceptors (Lipinski definition) is 2. The van der Waals surface area contributed by atoms with Gasteiger partial charge in [0.15, 0.2) is 0 Å². The molecule has 1 aromatic carbocycles. The van der Waals surface area contributed by atoms with Crippen molar-refractivity contribution in [2.75, 3.05) is 5.75 Å². The Hall–Kier alpha value is -0.540. The van der Waals surface area contributed by atoms with E-state index in [4.69, 9.17) is 11.6 Å². The Morgan fingerprint density at radius 2 is 2.21 bits per heavy atom. The maximum Gasteiger partial charge on any atom is 0.142 e. The van der Waals surface area contributed by atoms with Gasteiger partial charge in [0.25, 0.3) is 0 Å². The van der Waals surface area contributed by atoms with Gasteiger partial charge in [-0.1, -0.05) is 17.7 Å². The molecule has 0 N–H and O–H groups in total. The van der Waals surface area contributed by atoms with Gasteiger partial charge < -0.3 is 0 Å². The van der Waals surface area contributed by atoms with Crippen LogP contribution in [-0.2, 0) is 11.2 Å². The number of carbonyl (C=O) groups excluding carboxylic acids is 1. The lowest BCUT2D eigenvalue weighted by molar-refractivity contribution is -0.116. The summed E-state index contributed by atoms with van der Waals surface area (Å²) in [5.74, 6) is -0.137. The minimum atomic E-state index is -0.357. The smallest absolute Gasteiger partial charge is 0.142 e. The molecule has 0 spiro atoms. The van der Waals surface area contributed by atoms with Crippen molar-refractivity contribution in [3.63, 3.8) is 0 Å². The first-order chi connectivity index (χ1) is 6.63. The molecule has 14 heavy (non-hydrogen) atoms. The van der Waals surface area contributed by atoms with Gasteiger partial charge in [0.1, 0.15) is 11.6 Å². The second-order valence-corrected chi connectivity index (χ2v) is 3.69. The third kappa shape index (κ3) is 3.31. The highest BCUT2D eigenvalue weighted by atomic mass is 35.5. The molecule has 1 aromatic rings. The first-order valence-corrected chi connectivity index (χ1v) is 5.21. The van der Waals surface area contributed by atoms with Gasteiger partial charge in [0, 0.05) is 17.2 Å². The molecule has 0 atom stereocenters. The van der Waals surface area contributed by atoms with Crippen LogP contribution in [0.3, 0.4) is 0 Å². The Kier molecular flexibility index (Phi) is 4.42. The number of benzene rings is 1. The number of ketones is 1. The number of rotatable bonds is 4. The lowest BCUT2D eigenvalue weighted by Gasteiger charge is -2.02. The van der Waals surface area contributed by atoms with E-state index in [2.05, 4.69) is 12.6 Å². The average Bonchev–Trinajstić information content (AvgIpc) is 2.16. The minimum absolute atomic E-state index is 0.0164. The van der Waals surface area contributed by atoms with E-state index in [1.807, 2.05) is 0 Å². The van der Waals surface area contributed by atoms with Crippen molar-refractivity contribution in [2.45, 2.75) is 12.8 Å². The van der Waals surface area contributed by atoms with Crippen molar-refractivity contribution in [1.82, 2.24) is 0 Å². The lowest BCUT2D eigenvalue weighted by Crippen LogP contribution is -2.02. The molecule has 0 heterocycles. The fraction of sp³-hybridized carbons (Fsp3) is 0.300. The molecule has 0 aliphatic heterocycles. The van der Waals surface area contributed by atoms with E-state index < -0.39 is 0 Å². The van der Waals surface area contributed by atoms with Crippen LogP contribution in [0.5, 0.6) is 0 Å². The Morgan fingerprint density at radius 3 is 2.79 bits per heavy atom. The summed E-state index contributed by atoms with van der Waals surface area (Å²) in [6.07, 6.45) is 0.727. The van der Waals surface area contributed by atoms with E-state index in [1.54, 1.807) is 12.1 Å². The Labute approximate surface area is 92.7 Å². The molecule has 0 fully saturated rings. The Bertz CT molecular complexity index is 341. The molecular formula is C10H10ClFOS. The van der Waals surface area contributed by atoms with Crippen LogP contribution in [0.4, 0.5) is 4.39 Å². The first kappa shape index (κ1) is 11.5. The van der Waals surface area contributed by atoms with E-state index >= 15 is 0 Å². The van der Waals surface area contributed by atoms with Crippen molar-refractivity contribution in [1.29, 1.82) is 0 Å². The van der Waals surface area contributed by atoms with Gasteiger partial charge >= 0.3 is 0 Å². The van der Waals surface area contributed by atoms with Crippen LogP contribution in [0.1, 0.15) is 12.0 Å². The normalized spacial score (nSPS) is 10.2. The number of thiol groups is 1. The maximum atomic E-state index is 13.2. The molecule has 0 radical (unpaired) electrons. The van der Waals surface area contributed by atoms with Crippen molar-refractivity contribution < 1.29 is 9.18 Å². The SMILES string of the molecule is O=C(CS)CCc1ccc(Cl)cc1F. The lowest BCUT2D eigenvalue weighted by atomic mass is 10.1. The standard InChI is InChI=1S/C10H10ClFOS/c11-8-3-1-7(10(12)5-8)2-4-9(13)6-14/h1,3,5,14H,2,4,6H2. The molecule has 0 saturated heterocycles. The summed E-state index contributed by atoms with van der Waals surface area (Å²) >= 11 is 9.43. The highest BCUT2D eigenvalue weighted by Crippen LogP contribution is 2.15. The summed E-state index contributed by atoms with van der Waals surface area (Å²) < 4.78 is 13.2. The largest absolute Gasteiger partial charge is 0.299 e. The van der Waals surface area contributed by atoms with Gasteiger partial charge in [-0.2, -0.15) is 12.6 Å². The summed E-state index contributed by atoms with van der Waals surface area (Å²) in [5, 5.41) is 0.367. The van der Waals surface area contributed by atoms with Crippen molar-refractivity contribution in [3.05, 3.63) is 34.6 Å². The van der Waals surface area contributed by atoms with E-state index in [0.717, 1.165) is 0 Å². The van der Waals surface area contributed by atoms with E-state index in [1.165, 1.54) is 6.07 Å². The molecule has 1 rings (SSSR count). The summed E-state index contributed by atoms with van der Waals surface area (Å²) in [6, 6.07) is 4.47. The van der Waals surface area contributed by atoms with E-state index in [-0.39, 0.29) is 17.4 Å². The molecule has 0 amide bonds. The van der Waals surface area contributed by atoms with Gasteiger partial charge in [0.05, 0.1) is 0 Å². The summed E-state index contributed by atoms with van der Waals surface area (Å²) in [6.45, 7) is 0. The number of aryl methyl sites for hydroxylation is 1. The number of Topliss-reactive ketones (excluding diaryl/α,β-unsaturated/α-hetero) is 1. The fourth-order valence-corrected chi connectivity index (χ4v) is 1.39. The molecule has 1 nitrogen and oxygen atoms in total. The topological polar surface area (TPSA) is 17.1 Å². The fourth-order valence-electron chi connectivity index (χ4n) is 1.08. The quantitative estimate of drug-likeness (QED) is 0.790. The Balaban J connectivity index is 2.63. The van der Waals surface area contributed by atoms with Crippen LogP contribution in [0, 0.1) is 5.82 Å². The van der Waals surface area contributed by atoms with Gasteiger partial charge in [-0.05, 0) is 24.1 Å². The molecule has 0 aromatic heterocycles. The van der Waals surface area contributed by atoms with Gasteiger partial charge in [-0.15, -0.1) is 0 Å². The summed E-state index contributed by atoms with van der Waals surface area (Å²) in [4.78, 5) is 10.9. The highest BCUT2D eigenvalue weighted by Gasteiger charge is 2.05. The zero-order valence-electron chi connectivity index (χ0n) is 7.46. The second-order valence-electron chi connectivity index (χ2n) is 2.93. The zero-order chi connectivity index (χ0) is 10.6. The van der Waals surface area contributed by atoms with Crippen molar-refractivity contribution in [3.8, 4) is 0 Å². The molecular weight excluding hydrogens is 223 g/mol. The molecule has 76 valence electrons. The molecule has 4 heteroatoms. The summed E-state index contributed by atoms with van der Waals surface area (Å²) in [5.41, 5.74) is 0.518. The van der Waals surface area contributed by atoms with E-state index in [0.29, 0.717) is 23.4 Å². The van der Waals surface area contributed by atoms with Crippen LogP contribution < -0.4 is 0 Å². The Morgan fingerprint density at radius 1 is 1.50 bits per heavy atom. The third-order valence-corrected chi connectivity index (χ3v) is 2.45. The van der Waals surface area contributed by atoms with E-state index in [9.17, 15) is 9.18 Å². The number of hydrogen-bond donors (Lipinski definition) is 1. The predicted octanol–water partition coefficient (Wildman–Crippen LogP) is 2.91. The van der Waals surface area contributed by atoms with Crippen LogP contribution >= 0.6 is 24.2 Å². The minimum Gasteiger partial charge on any atom is -0.299 e. The first-order valence-electron chi connectivity index (χ1n) is 4.20. The van der Waals surface area contributed by atoms with Crippen LogP contribution in [0.2, 0.25) is 5.02 Å². The van der Waals surface area contributed by atoms with Gasteiger partial charge in [-0.25, -0.2) is 4.39 Å². The predicted molar refractivity (Wildman–Crippen MR) is 58.6 cm³/mol. The second kappa shape index (κ2) is 5.37. The maximum absolute atomic E-state index is 13.2. The van der Waals surface area contributed by atoms with Crippen LogP contribution in [0.25, 0.3) is 0 Å². The molecule has 0 saturated carbocycles. The highest BCUT2D eigenvalue weighted by molar-refractivity contribution is 7.81. The molecule has 0 bridgehead atoms. The molecule has 0 unspecified atom stereocenters. The van der Waals surface area contributed by atoms with Crippen LogP contribution in [0.15, 0.2) is 18.2 Å². The summed E-state index contributed by atoms with van der Waals surface area (Å²) in [7, 11) is 0. The van der Waals surface area contributed by atoms with Crippen molar-refractivity contribution in [2.24, 2.45) is 0 Å².